The molecular weight excluding hydrogens is 188 g/mol. The molecule has 4 heteroatoms. The molecule has 1 aliphatic rings. The summed E-state index contributed by atoms with van der Waals surface area (Å²) < 4.78 is 0. The molecular formula is C9H9ClN2O. The Labute approximate surface area is 81.1 Å². The molecule has 3 nitrogen and oxygen atoms in total. The van der Waals surface area contributed by atoms with Gasteiger partial charge in [0, 0.05) is 11.6 Å². The van der Waals surface area contributed by atoms with Crippen LogP contribution in [0.1, 0.15) is 5.56 Å². The highest BCUT2D eigenvalue weighted by atomic mass is 35.5. The molecule has 1 aliphatic heterocycles. The van der Waals surface area contributed by atoms with Crippen LogP contribution in [-0.4, -0.2) is 24.0 Å². The number of rotatable bonds is 1. The normalized spacial score (nSPS) is 15.3. The lowest BCUT2D eigenvalue weighted by Gasteiger charge is -2.04. The first kappa shape index (κ1) is 8.38. The van der Waals surface area contributed by atoms with Gasteiger partial charge in [0.1, 0.15) is 11.6 Å². The maximum absolute atomic E-state index is 9.55. The largest absolute Gasteiger partial charge is 0.507 e. The van der Waals surface area contributed by atoms with Crippen molar-refractivity contribution in [3.63, 3.8) is 0 Å². The third-order valence-corrected chi connectivity index (χ3v) is 2.12. The van der Waals surface area contributed by atoms with Gasteiger partial charge in [-0.2, -0.15) is 0 Å². The first-order valence-electron chi connectivity index (χ1n) is 4.04. The lowest BCUT2D eigenvalue weighted by atomic mass is 10.2. The summed E-state index contributed by atoms with van der Waals surface area (Å²) in [5.74, 6) is 0.912. The molecule has 2 N–H and O–H groups in total. The number of aromatic hydroxyl groups is 1. The van der Waals surface area contributed by atoms with Crippen molar-refractivity contribution >= 4 is 17.4 Å². The van der Waals surface area contributed by atoms with Crippen molar-refractivity contribution in [3.8, 4) is 5.75 Å². The van der Waals surface area contributed by atoms with Gasteiger partial charge in [-0.1, -0.05) is 11.6 Å². The van der Waals surface area contributed by atoms with Crippen LogP contribution >= 0.6 is 11.6 Å². The highest BCUT2D eigenvalue weighted by molar-refractivity contribution is 6.30. The molecule has 1 heterocycles. The molecule has 0 bridgehead atoms. The monoisotopic (exact) mass is 196 g/mol. The van der Waals surface area contributed by atoms with Crippen molar-refractivity contribution in [2.75, 3.05) is 13.1 Å². The SMILES string of the molecule is Oc1cc(Cl)ccc1C1=NCCN1. The average Bonchev–Trinajstić information content (AvgIpc) is 2.56. The molecule has 0 saturated carbocycles. The summed E-state index contributed by atoms with van der Waals surface area (Å²) >= 11 is 5.70. The minimum atomic E-state index is 0.167. The minimum absolute atomic E-state index is 0.167. The number of phenols is 1. The minimum Gasteiger partial charge on any atom is -0.507 e. The van der Waals surface area contributed by atoms with Crippen molar-refractivity contribution in [2.24, 2.45) is 4.99 Å². The Bertz CT molecular complexity index is 363. The molecule has 0 aliphatic carbocycles. The smallest absolute Gasteiger partial charge is 0.132 e. The van der Waals surface area contributed by atoms with Gasteiger partial charge in [-0.15, -0.1) is 0 Å². The summed E-state index contributed by atoms with van der Waals surface area (Å²) in [6.07, 6.45) is 0. The van der Waals surface area contributed by atoms with E-state index >= 15 is 0 Å². The summed E-state index contributed by atoms with van der Waals surface area (Å²) in [4.78, 5) is 4.20. The van der Waals surface area contributed by atoms with Crippen LogP contribution in [0.3, 0.4) is 0 Å². The number of nitrogens with zero attached hydrogens (tertiary/aromatic N) is 1. The zero-order chi connectivity index (χ0) is 9.26. The standard InChI is InChI=1S/C9H9ClN2O/c10-6-1-2-7(8(13)5-6)9-11-3-4-12-9/h1-2,5,13H,3-4H2,(H,11,12). The zero-order valence-corrected chi connectivity index (χ0v) is 7.67. The highest BCUT2D eigenvalue weighted by Gasteiger charge is 2.11. The van der Waals surface area contributed by atoms with Crippen LogP contribution in [0.2, 0.25) is 5.02 Å². The molecule has 0 unspecified atom stereocenters. The predicted molar refractivity (Wildman–Crippen MR) is 52.5 cm³/mol. The van der Waals surface area contributed by atoms with Gasteiger partial charge in [0.15, 0.2) is 0 Å². The number of hydrogen-bond donors (Lipinski definition) is 2. The van der Waals surface area contributed by atoms with Crippen molar-refractivity contribution < 1.29 is 5.11 Å². The van der Waals surface area contributed by atoms with Crippen molar-refractivity contribution in [3.05, 3.63) is 28.8 Å². The summed E-state index contributed by atoms with van der Waals surface area (Å²) in [7, 11) is 0. The summed E-state index contributed by atoms with van der Waals surface area (Å²) in [6, 6.07) is 5.01. The lowest BCUT2D eigenvalue weighted by Crippen LogP contribution is -2.19. The van der Waals surface area contributed by atoms with Gasteiger partial charge in [-0.25, -0.2) is 0 Å². The van der Waals surface area contributed by atoms with Crippen LogP contribution in [-0.2, 0) is 0 Å². The molecule has 0 radical (unpaired) electrons. The van der Waals surface area contributed by atoms with Gasteiger partial charge >= 0.3 is 0 Å². The predicted octanol–water partition coefficient (Wildman–Crippen LogP) is 1.40. The van der Waals surface area contributed by atoms with E-state index in [0.29, 0.717) is 10.6 Å². The Kier molecular flexibility index (Phi) is 2.10. The maximum atomic E-state index is 9.55. The molecule has 0 fully saturated rings. The number of amidine groups is 1. The molecule has 2 rings (SSSR count). The molecule has 68 valence electrons. The van der Waals surface area contributed by atoms with E-state index in [4.69, 9.17) is 11.6 Å². The second kappa shape index (κ2) is 3.26. The van der Waals surface area contributed by atoms with Crippen LogP contribution in [0, 0.1) is 0 Å². The highest BCUT2D eigenvalue weighted by Crippen LogP contribution is 2.22. The van der Waals surface area contributed by atoms with Crippen LogP contribution in [0.15, 0.2) is 23.2 Å². The summed E-state index contributed by atoms with van der Waals surface area (Å²) in [6.45, 7) is 1.59. The summed E-state index contributed by atoms with van der Waals surface area (Å²) in [5.41, 5.74) is 0.710. The van der Waals surface area contributed by atoms with E-state index in [1.54, 1.807) is 12.1 Å². The fourth-order valence-corrected chi connectivity index (χ4v) is 1.45. The van der Waals surface area contributed by atoms with Crippen LogP contribution in [0.4, 0.5) is 0 Å². The molecule has 1 aromatic carbocycles. The zero-order valence-electron chi connectivity index (χ0n) is 6.92. The fourth-order valence-electron chi connectivity index (χ4n) is 1.28. The van der Waals surface area contributed by atoms with E-state index in [-0.39, 0.29) is 5.75 Å². The molecule has 0 saturated heterocycles. The molecule has 0 amide bonds. The average molecular weight is 197 g/mol. The van der Waals surface area contributed by atoms with Gasteiger partial charge in [0.2, 0.25) is 0 Å². The van der Waals surface area contributed by atoms with Crippen molar-refractivity contribution in [1.82, 2.24) is 5.32 Å². The van der Waals surface area contributed by atoms with E-state index in [9.17, 15) is 5.11 Å². The third kappa shape index (κ3) is 1.60. The summed E-state index contributed by atoms with van der Waals surface area (Å²) in [5, 5.41) is 13.2. The van der Waals surface area contributed by atoms with Crippen LogP contribution in [0.25, 0.3) is 0 Å². The number of halogens is 1. The van der Waals surface area contributed by atoms with E-state index in [1.165, 1.54) is 6.07 Å². The van der Waals surface area contributed by atoms with Crippen molar-refractivity contribution in [2.45, 2.75) is 0 Å². The van der Waals surface area contributed by atoms with E-state index < -0.39 is 0 Å². The number of hydrogen-bond acceptors (Lipinski definition) is 3. The van der Waals surface area contributed by atoms with Gasteiger partial charge < -0.3 is 10.4 Å². The topological polar surface area (TPSA) is 44.6 Å². The second-order valence-electron chi connectivity index (χ2n) is 2.82. The molecule has 13 heavy (non-hydrogen) atoms. The number of phenolic OH excluding ortho intramolecular Hbond substituents is 1. The Hall–Kier alpha value is -1.22. The first-order valence-corrected chi connectivity index (χ1v) is 4.42. The lowest BCUT2D eigenvalue weighted by molar-refractivity contribution is 0.474. The third-order valence-electron chi connectivity index (χ3n) is 1.89. The van der Waals surface area contributed by atoms with E-state index in [0.717, 1.165) is 18.9 Å². The Morgan fingerprint density at radius 2 is 2.31 bits per heavy atom. The Morgan fingerprint density at radius 3 is 2.92 bits per heavy atom. The number of nitrogens with one attached hydrogen (secondary N) is 1. The van der Waals surface area contributed by atoms with E-state index in [1.807, 2.05) is 0 Å². The van der Waals surface area contributed by atoms with Crippen molar-refractivity contribution in [1.29, 1.82) is 0 Å². The van der Waals surface area contributed by atoms with E-state index in [2.05, 4.69) is 10.3 Å². The van der Waals surface area contributed by atoms with Gasteiger partial charge in [0.05, 0.1) is 12.1 Å². The molecule has 0 spiro atoms. The van der Waals surface area contributed by atoms with Crippen LogP contribution < -0.4 is 5.32 Å². The second-order valence-corrected chi connectivity index (χ2v) is 3.26. The Balaban J connectivity index is 2.40. The van der Waals surface area contributed by atoms with Gasteiger partial charge in [0.25, 0.3) is 0 Å². The van der Waals surface area contributed by atoms with Gasteiger partial charge in [-0.3, -0.25) is 4.99 Å². The number of benzene rings is 1. The molecule has 0 atom stereocenters. The molecule has 1 aromatic rings. The first-order chi connectivity index (χ1) is 6.27. The van der Waals surface area contributed by atoms with Crippen LogP contribution in [0.5, 0.6) is 5.75 Å². The quantitative estimate of drug-likeness (QED) is 0.713. The fraction of sp³-hybridized carbons (Fsp3) is 0.222. The maximum Gasteiger partial charge on any atom is 0.132 e. The van der Waals surface area contributed by atoms with Gasteiger partial charge in [-0.05, 0) is 18.2 Å². The Morgan fingerprint density at radius 1 is 1.46 bits per heavy atom. The molecule has 0 aromatic heterocycles. The number of aliphatic imine (C=N–C) groups is 1.